The van der Waals surface area contributed by atoms with Gasteiger partial charge in [0.1, 0.15) is 0 Å². The Morgan fingerprint density at radius 3 is 3.00 bits per heavy atom. The van der Waals surface area contributed by atoms with Crippen LogP contribution in [-0.2, 0) is 0 Å². The first-order chi connectivity index (χ1) is 4.97. The lowest BCUT2D eigenvalue weighted by Gasteiger charge is -2.15. The molecule has 1 aliphatic heterocycles. The lowest BCUT2D eigenvalue weighted by molar-refractivity contribution is 0.874. The fraction of sp³-hybridized carbons (Fsp3) is 0.444. The topological polar surface area (TPSA) is 12.4 Å². The molecule has 10 heavy (non-hydrogen) atoms. The molecular weight excluding hydrogens is 122 g/mol. The highest BCUT2D eigenvalue weighted by Crippen LogP contribution is 2.23. The number of rotatable bonds is 0. The SMILES string of the molecule is C1=CCC2=C(C=NCC2)C1. The van der Waals surface area contributed by atoms with Crippen molar-refractivity contribution >= 4 is 6.21 Å². The summed E-state index contributed by atoms with van der Waals surface area (Å²) in [5, 5.41) is 0. The summed E-state index contributed by atoms with van der Waals surface area (Å²) in [6.07, 6.45) is 10.0. The molecule has 0 amide bonds. The first-order valence-corrected chi connectivity index (χ1v) is 3.82. The standard InChI is InChI=1S/C9H11N/c1-2-4-9-7-10-6-5-8(9)3-1/h1-2,7H,3-6H2. The Balaban J connectivity index is 2.25. The van der Waals surface area contributed by atoms with Crippen LogP contribution in [0.2, 0.25) is 0 Å². The second-order valence-electron chi connectivity index (χ2n) is 2.79. The van der Waals surface area contributed by atoms with E-state index in [2.05, 4.69) is 17.1 Å². The summed E-state index contributed by atoms with van der Waals surface area (Å²) in [5.41, 5.74) is 3.08. The average molecular weight is 133 g/mol. The van der Waals surface area contributed by atoms with Crippen LogP contribution in [0.1, 0.15) is 19.3 Å². The zero-order valence-electron chi connectivity index (χ0n) is 6.01. The van der Waals surface area contributed by atoms with Crippen molar-refractivity contribution in [2.24, 2.45) is 4.99 Å². The van der Waals surface area contributed by atoms with Gasteiger partial charge in [0.05, 0.1) is 0 Å². The molecule has 1 aliphatic carbocycles. The van der Waals surface area contributed by atoms with Gasteiger partial charge in [-0.2, -0.15) is 0 Å². The molecule has 0 aromatic heterocycles. The summed E-state index contributed by atoms with van der Waals surface area (Å²) in [5.74, 6) is 0. The summed E-state index contributed by atoms with van der Waals surface area (Å²) in [6, 6.07) is 0. The maximum absolute atomic E-state index is 4.24. The van der Waals surface area contributed by atoms with Crippen molar-refractivity contribution in [3.63, 3.8) is 0 Å². The van der Waals surface area contributed by atoms with Gasteiger partial charge in [0.2, 0.25) is 0 Å². The third-order valence-corrected chi connectivity index (χ3v) is 2.11. The molecule has 0 unspecified atom stereocenters. The van der Waals surface area contributed by atoms with Gasteiger partial charge in [0.15, 0.2) is 0 Å². The van der Waals surface area contributed by atoms with Crippen molar-refractivity contribution in [1.82, 2.24) is 0 Å². The number of hydrogen-bond donors (Lipinski definition) is 0. The van der Waals surface area contributed by atoms with E-state index in [1.807, 2.05) is 6.21 Å². The summed E-state index contributed by atoms with van der Waals surface area (Å²) in [4.78, 5) is 4.24. The van der Waals surface area contributed by atoms with Crippen LogP contribution in [0.25, 0.3) is 0 Å². The Bertz CT molecular complexity index is 221. The lowest BCUT2D eigenvalue weighted by Crippen LogP contribution is -2.03. The van der Waals surface area contributed by atoms with Crippen LogP contribution in [-0.4, -0.2) is 12.8 Å². The van der Waals surface area contributed by atoms with E-state index in [-0.39, 0.29) is 0 Å². The summed E-state index contributed by atoms with van der Waals surface area (Å²) < 4.78 is 0. The van der Waals surface area contributed by atoms with E-state index < -0.39 is 0 Å². The first kappa shape index (κ1) is 5.90. The van der Waals surface area contributed by atoms with E-state index in [0.29, 0.717) is 0 Å². The van der Waals surface area contributed by atoms with Crippen molar-refractivity contribution in [1.29, 1.82) is 0 Å². The van der Waals surface area contributed by atoms with Crippen molar-refractivity contribution in [2.75, 3.05) is 6.54 Å². The molecule has 2 rings (SSSR count). The predicted octanol–water partition coefficient (Wildman–Crippen LogP) is 2.11. The van der Waals surface area contributed by atoms with Crippen LogP contribution in [0.5, 0.6) is 0 Å². The monoisotopic (exact) mass is 133 g/mol. The number of dihydropyridines is 1. The van der Waals surface area contributed by atoms with Crippen molar-refractivity contribution < 1.29 is 0 Å². The van der Waals surface area contributed by atoms with Crippen LogP contribution in [0.3, 0.4) is 0 Å². The number of aliphatic imine (C=N–C) groups is 1. The summed E-state index contributed by atoms with van der Waals surface area (Å²) in [6.45, 7) is 1.01. The minimum atomic E-state index is 1.01. The maximum Gasteiger partial charge on any atom is 0.0426 e. The van der Waals surface area contributed by atoms with Gasteiger partial charge < -0.3 is 0 Å². The maximum atomic E-state index is 4.24. The third kappa shape index (κ3) is 0.919. The molecule has 0 aromatic carbocycles. The number of hydrogen-bond acceptors (Lipinski definition) is 1. The van der Waals surface area contributed by atoms with Crippen LogP contribution < -0.4 is 0 Å². The highest BCUT2D eigenvalue weighted by atomic mass is 14.7. The fourth-order valence-corrected chi connectivity index (χ4v) is 1.49. The summed E-state index contributed by atoms with van der Waals surface area (Å²) in [7, 11) is 0. The Morgan fingerprint density at radius 2 is 2.10 bits per heavy atom. The molecule has 1 nitrogen and oxygen atoms in total. The summed E-state index contributed by atoms with van der Waals surface area (Å²) >= 11 is 0. The first-order valence-electron chi connectivity index (χ1n) is 3.82. The second-order valence-corrected chi connectivity index (χ2v) is 2.79. The normalized spacial score (nSPS) is 23.2. The molecule has 1 heterocycles. The van der Waals surface area contributed by atoms with Gasteiger partial charge >= 0.3 is 0 Å². The highest BCUT2D eigenvalue weighted by Gasteiger charge is 2.08. The van der Waals surface area contributed by atoms with E-state index in [1.54, 1.807) is 5.57 Å². The molecule has 0 saturated carbocycles. The van der Waals surface area contributed by atoms with Gasteiger partial charge in [-0.25, -0.2) is 0 Å². The Labute approximate surface area is 61.2 Å². The smallest absolute Gasteiger partial charge is 0.0426 e. The molecule has 0 spiro atoms. The molecule has 0 aromatic rings. The van der Waals surface area contributed by atoms with Crippen LogP contribution in [0, 0.1) is 0 Å². The molecule has 0 atom stereocenters. The third-order valence-electron chi connectivity index (χ3n) is 2.11. The highest BCUT2D eigenvalue weighted by molar-refractivity contribution is 5.81. The van der Waals surface area contributed by atoms with Crippen LogP contribution in [0.4, 0.5) is 0 Å². The van der Waals surface area contributed by atoms with Gasteiger partial charge in [0, 0.05) is 12.8 Å². The van der Waals surface area contributed by atoms with Gasteiger partial charge in [-0.1, -0.05) is 17.7 Å². The molecule has 52 valence electrons. The average Bonchev–Trinajstić information content (AvgIpc) is 2.05. The molecule has 0 radical (unpaired) electrons. The Morgan fingerprint density at radius 1 is 1.20 bits per heavy atom. The molecule has 0 saturated heterocycles. The zero-order valence-corrected chi connectivity index (χ0v) is 6.01. The van der Waals surface area contributed by atoms with E-state index in [1.165, 1.54) is 18.4 Å². The Kier molecular flexibility index (Phi) is 1.42. The van der Waals surface area contributed by atoms with Gasteiger partial charge in [0.25, 0.3) is 0 Å². The van der Waals surface area contributed by atoms with Crippen molar-refractivity contribution in [3.05, 3.63) is 23.3 Å². The lowest BCUT2D eigenvalue weighted by atomic mass is 9.94. The largest absolute Gasteiger partial charge is 0.293 e. The number of allylic oxidation sites excluding steroid dienone is 3. The molecule has 0 fully saturated rings. The molecular formula is C9H11N. The van der Waals surface area contributed by atoms with E-state index >= 15 is 0 Å². The zero-order chi connectivity index (χ0) is 6.81. The van der Waals surface area contributed by atoms with Gasteiger partial charge in [-0.3, -0.25) is 4.99 Å². The minimum absolute atomic E-state index is 1.01. The molecule has 0 N–H and O–H groups in total. The van der Waals surface area contributed by atoms with Crippen LogP contribution in [0.15, 0.2) is 28.3 Å². The quantitative estimate of drug-likeness (QED) is 0.449. The molecule has 0 bridgehead atoms. The fourth-order valence-electron chi connectivity index (χ4n) is 1.49. The van der Waals surface area contributed by atoms with Crippen LogP contribution >= 0.6 is 0 Å². The van der Waals surface area contributed by atoms with E-state index in [4.69, 9.17) is 0 Å². The van der Waals surface area contributed by atoms with Crippen molar-refractivity contribution in [3.8, 4) is 0 Å². The minimum Gasteiger partial charge on any atom is -0.293 e. The Hall–Kier alpha value is -0.850. The van der Waals surface area contributed by atoms with E-state index in [0.717, 1.165) is 13.0 Å². The molecule has 2 aliphatic rings. The van der Waals surface area contributed by atoms with E-state index in [9.17, 15) is 0 Å². The van der Waals surface area contributed by atoms with Crippen molar-refractivity contribution in [2.45, 2.75) is 19.3 Å². The predicted molar refractivity (Wildman–Crippen MR) is 43.4 cm³/mol. The van der Waals surface area contributed by atoms with Gasteiger partial charge in [-0.05, 0) is 24.8 Å². The number of nitrogens with zero attached hydrogens (tertiary/aromatic N) is 1. The molecule has 1 heteroatoms. The van der Waals surface area contributed by atoms with Gasteiger partial charge in [-0.15, -0.1) is 0 Å². The second kappa shape index (κ2) is 2.41.